The fraction of sp³-hybridized carbons (Fsp3) is 0.400. The monoisotopic (exact) mass is 570 g/mol. The summed E-state index contributed by atoms with van der Waals surface area (Å²) < 4.78 is 0. The predicted octanol–water partition coefficient (Wildman–Crippen LogP) is 7.48. The lowest BCUT2D eigenvalue weighted by Crippen LogP contribution is -2.58. The van der Waals surface area contributed by atoms with Gasteiger partial charge in [0, 0.05) is 18.4 Å². The van der Waals surface area contributed by atoms with Crippen molar-refractivity contribution in [1.82, 2.24) is 5.32 Å². The average molecular weight is 571 g/mol. The number of anilines is 1. The second-order valence-electron chi connectivity index (χ2n) is 12.5. The smallest absolute Gasteiger partial charge is 0.247 e. The molecule has 2 amide bonds. The molecule has 5 rings (SSSR count). The van der Waals surface area contributed by atoms with Crippen molar-refractivity contribution in [2.45, 2.75) is 77.2 Å². The highest BCUT2D eigenvalue weighted by Crippen LogP contribution is 2.57. The summed E-state index contributed by atoms with van der Waals surface area (Å²) in [7, 11) is 0. The maximum absolute atomic E-state index is 14.3. The highest BCUT2D eigenvalue weighted by molar-refractivity contribution is 6.33. The Labute approximate surface area is 248 Å². The van der Waals surface area contributed by atoms with E-state index in [1.807, 2.05) is 37.3 Å². The molecule has 2 N–H and O–H groups in total. The van der Waals surface area contributed by atoms with Crippen molar-refractivity contribution >= 4 is 34.9 Å². The first-order valence-electron chi connectivity index (χ1n) is 14.6. The molecule has 214 valence electrons. The van der Waals surface area contributed by atoms with Crippen LogP contribution >= 0.6 is 11.6 Å². The number of hydrogen-bond acceptors (Lipinski definition) is 3. The number of ketones is 1. The lowest BCUT2D eigenvalue weighted by atomic mass is 9.49. The Morgan fingerprint density at radius 3 is 2.39 bits per heavy atom. The van der Waals surface area contributed by atoms with Crippen molar-refractivity contribution in [2.24, 2.45) is 11.3 Å². The first kappa shape index (κ1) is 29.1. The van der Waals surface area contributed by atoms with E-state index in [-0.39, 0.29) is 28.9 Å². The first-order valence-corrected chi connectivity index (χ1v) is 15.0. The van der Waals surface area contributed by atoms with E-state index in [4.69, 9.17) is 11.6 Å². The van der Waals surface area contributed by atoms with Crippen LogP contribution in [0.5, 0.6) is 0 Å². The fourth-order valence-electron chi connectivity index (χ4n) is 7.03. The fourth-order valence-corrected chi connectivity index (χ4v) is 7.21. The summed E-state index contributed by atoms with van der Waals surface area (Å²) in [6, 6.07) is 22.2. The zero-order valence-corrected chi connectivity index (χ0v) is 25.1. The Bertz CT molecular complexity index is 1470. The number of hydrogen-bond donors (Lipinski definition) is 2. The minimum Gasteiger partial charge on any atom is -0.343 e. The van der Waals surface area contributed by atoms with Crippen molar-refractivity contribution < 1.29 is 14.4 Å². The zero-order valence-electron chi connectivity index (χ0n) is 24.3. The Morgan fingerprint density at radius 2 is 1.68 bits per heavy atom. The van der Waals surface area contributed by atoms with E-state index in [1.165, 1.54) is 0 Å². The Morgan fingerprint density at radius 1 is 0.976 bits per heavy atom. The standard InChI is InChI=1S/C35H39ClN2O3/c1-22(2)24-15-16-26-25(20-24)30(39)21-31-34(26,3)17-10-18-35(31,4)33(41)38-29(19-23-11-6-5-7-12-23)32(40)37-28-14-9-8-13-27(28)36/h5-9,11-16,20,22,29,31H,10,17-19,21H2,1-4H3,(H,37,40)(H,38,41)/t29-,31-,34-,35-/m1/s1. The number of para-hydroxylation sites is 1. The number of benzene rings is 3. The molecule has 0 bridgehead atoms. The molecule has 0 saturated heterocycles. The summed E-state index contributed by atoms with van der Waals surface area (Å²) in [6.07, 6.45) is 3.11. The van der Waals surface area contributed by atoms with Gasteiger partial charge in [0.15, 0.2) is 5.78 Å². The summed E-state index contributed by atoms with van der Waals surface area (Å²) in [4.78, 5) is 41.4. The second kappa shape index (κ2) is 11.4. The molecule has 1 saturated carbocycles. The van der Waals surface area contributed by atoms with E-state index in [0.29, 0.717) is 35.9 Å². The molecule has 0 aliphatic heterocycles. The number of fused-ring (bicyclic) bond motifs is 3. The lowest BCUT2D eigenvalue weighted by Gasteiger charge is -2.54. The van der Waals surface area contributed by atoms with Gasteiger partial charge in [0.25, 0.3) is 0 Å². The minimum atomic E-state index is -0.814. The van der Waals surface area contributed by atoms with Gasteiger partial charge in [-0.25, -0.2) is 0 Å². The van der Waals surface area contributed by atoms with Gasteiger partial charge >= 0.3 is 0 Å². The molecule has 6 heteroatoms. The van der Waals surface area contributed by atoms with Crippen LogP contribution in [0.4, 0.5) is 5.69 Å². The number of carbonyl (C=O) groups excluding carboxylic acids is 3. The van der Waals surface area contributed by atoms with E-state index < -0.39 is 11.5 Å². The summed E-state index contributed by atoms with van der Waals surface area (Å²) in [5.74, 6) is -0.247. The molecule has 0 radical (unpaired) electrons. The van der Waals surface area contributed by atoms with Crippen LogP contribution in [0, 0.1) is 11.3 Å². The van der Waals surface area contributed by atoms with Crippen LogP contribution in [0.3, 0.4) is 0 Å². The largest absolute Gasteiger partial charge is 0.343 e. The Hall–Kier alpha value is -3.44. The van der Waals surface area contributed by atoms with Crippen LogP contribution in [0.2, 0.25) is 5.02 Å². The minimum absolute atomic E-state index is 0.100. The number of Topliss-reactive ketones (excluding diaryl/α,β-unsaturated/α-hetero) is 1. The van der Waals surface area contributed by atoms with Crippen molar-refractivity contribution in [2.75, 3.05) is 5.32 Å². The molecule has 0 unspecified atom stereocenters. The van der Waals surface area contributed by atoms with Gasteiger partial charge in [-0.1, -0.05) is 100 Å². The number of halogens is 1. The third-order valence-corrected chi connectivity index (χ3v) is 9.83. The molecule has 3 aromatic rings. The molecule has 4 atom stereocenters. The predicted molar refractivity (Wildman–Crippen MR) is 164 cm³/mol. The van der Waals surface area contributed by atoms with Crippen molar-refractivity contribution in [3.05, 3.63) is 100 Å². The topological polar surface area (TPSA) is 75.3 Å². The molecule has 0 spiro atoms. The van der Waals surface area contributed by atoms with Crippen LogP contribution < -0.4 is 10.6 Å². The van der Waals surface area contributed by atoms with E-state index in [0.717, 1.165) is 35.1 Å². The van der Waals surface area contributed by atoms with Crippen LogP contribution in [-0.2, 0) is 21.4 Å². The maximum Gasteiger partial charge on any atom is 0.247 e. The summed E-state index contributed by atoms with van der Waals surface area (Å²) in [5, 5.41) is 6.46. The first-order chi connectivity index (χ1) is 19.5. The van der Waals surface area contributed by atoms with Gasteiger partial charge in [-0.3, -0.25) is 14.4 Å². The van der Waals surface area contributed by atoms with Crippen LogP contribution in [0.25, 0.3) is 0 Å². The van der Waals surface area contributed by atoms with Gasteiger partial charge in [-0.2, -0.15) is 0 Å². The summed E-state index contributed by atoms with van der Waals surface area (Å²) >= 11 is 6.32. The lowest BCUT2D eigenvalue weighted by molar-refractivity contribution is -0.140. The molecule has 5 nitrogen and oxygen atoms in total. The van der Waals surface area contributed by atoms with Gasteiger partial charge < -0.3 is 10.6 Å². The summed E-state index contributed by atoms with van der Waals surface area (Å²) in [5.41, 5.74) is 3.34. The molecule has 41 heavy (non-hydrogen) atoms. The average Bonchev–Trinajstić information content (AvgIpc) is 2.95. The van der Waals surface area contributed by atoms with Crippen molar-refractivity contribution in [1.29, 1.82) is 0 Å². The maximum atomic E-state index is 14.3. The third-order valence-electron chi connectivity index (χ3n) is 9.50. The van der Waals surface area contributed by atoms with Crippen LogP contribution in [0.15, 0.2) is 72.8 Å². The molecular weight excluding hydrogens is 532 g/mol. The van der Waals surface area contributed by atoms with E-state index >= 15 is 0 Å². The normalized spacial score (nSPS) is 24.2. The quantitative estimate of drug-likeness (QED) is 0.309. The SMILES string of the molecule is CC(C)c1ccc2c(c1)C(=O)C[C@H]1[C@](C)(C(=O)N[C@H](Cc3ccccc3)C(=O)Nc3ccccc3Cl)CCC[C@]21C. The number of carbonyl (C=O) groups is 3. The van der Waals surface area contributed by atoms with Gasteiger partial charge in [-0.05, 0) is 65.0 Å². The Balaban J connectivity index is 1.45. The second-order valence-corrected chi connectivity index (χ2v) is 12.9. The highest BCUT2D eigenvalue weighted by Gasteiger charge is 2.57. The molecule has 0 heterocycles. The van der Waals surface area contributed by atoms with Gasteiger partial charge in [-0.15, -0.1) is 0 Å². The number of nitrogens with one attached hydrogen (secondary N) is 2. The number of amides is 2. The van der Waals surface area contributed by atoms with E-state index in [2.05, 4.69) is 49.6 Å². The molecule has 2 aliphatic rings. The molecule has 1 fully saturated rings. The van der Waals surface area contributed by atoms with Crippen LogP contribution in [-0.4, -0.2) is 23.6 Å². The molecule has 0 aromatic heterocycles. The highest BCUT2D eigenvalue weighted by atomic mass is 35.5. The molecule has 3 aromatic carbocycles. The van der Waals surface area contributed by atoms with Crippen molar-refractivity contribution in [3.63, 3.8) is 0 Å². The van der Waals surface area contributed by atoms with Gasteiger partial charge in [0.05, 0.1) is 16.1 Å². The number of rotatable bonds is 7. The van der Waals surface area contributed by atoms with E-state index in [9.17, 15) is 14.4 Å². The molecule has 2 aliphatic carbocycles. The third kappa shape index (κ3) is 5.57. The van der Waals surface area contributed by atoms with Crippen LogP contribution in [0.1, 0.15) is 86.3 Å². The van der Waals surface area contributed by atoms with Gasteiger partial charge in [0.1, 0.15) is 6.04 Å². The summed E-state index contributed by atoms with van der Waals surface area (Å²) in [6.45, 7) is 8.47. The van der Waals surface area contributed by atoms with E-state index in [1.54, 1.807) is 24.3 Å². The Kier molecular flexibility index (Phi) is 8.11. The zero-order chi connectivity index (χ0) is 29.4. The van der Waals surface area contributed by atoms with Crippen molar-refractivity contribution in [3.8, 4) is 0 Å². The van der Waals surface area contributed by atoms with Gasteiger partial charge in [0.2, 0.25) is 11.8 Å². The molecular formula is C35H39ClN2O3.